The summed E-state index contributed by atoms with van der Waals surface area (Å²) in [6, 6.07) is 0.440. The van der Waals surface area contributed by atoms with Crippen LogP contribution in [-0.4, -0.2) is 29.1 Å². The van der Waals surface area contributed by atoms with Gasteiger partial charge in [0.05, 0.1) is 0 Å². The van der Waals surface area contributed by atoms with Crippen LogP contribution in [0.5, 0.6) is 0 Å². The maximum absolute atomic E-state index is 5.37. The summed E-state index contributed by atoms with van der Waals surface area (Å²) in [4.78, 5) is 2.31. The second kappa shape index (κ2) is 4.96. The molecule has 3 heteroatoms. The smallest absolute Gasteiger partial charge is 0.169 e. The predicted octanol–water partition coefficient (Wildman–Crippen LogP) is 2.25. The van der Waals surface area contributed by atoms with Crippen molar-refractivity contribution in [3.63, 3.8) is 0 Å². The molecule has 1 aliphatic rings. The van der Waals surface area contributed by atoms with Crippen LogP contribution in [0.4, 0.5) is 0 Å². The molecule has 2 atom stereocenters. The first-order valence-electron chi connectivity index (χ1n) is 5.54. The average molecular weight is 214 g/mol. The third-order valence-corrected chi connectivity index (χ3v) is 2.94. The van der Waals surface area contributed by atoms with Crippen LogP contribution >= 0.6 is 12.2 Å². The molecule has 14 heavy (non-hydrogen) atoms. The van der Waals surface area contributed by atoms with Gasteiger partial charge >= 0.3 is 0 Å². The summed E-state index contributed by atoms with van der Waals surface area (Å²) in [7, 11) is 0. The molecule has 0 aromatic rings. The first-order chi connectivity index (χ1) is 6.49. The van der Waals surface area contributed by atoms with Crippen molar-refractivity contribution in [3.05, 3.63) is 0 Å². The minimum Gasteiger partial charge on any atom is -0.360 e. The Balaban J connectivity index is 2.46. The predicted molar refractivity (Wildman–Crippen MR) is 65.4 cm³/mol. The lowest BCUT2D eigenvalue weighted by Gasteiger charge is -2.37. The topological polar surface area (TPSA) is 15.3 Å². The number of thiocarbonyl (C=S) groups is 1. The van der Waals surface area contributed by atoms with E-state index in [-0.39, 0.29) is 0 Å². The van der Waals surface area contributed by atoms with Crippen LogP contribution in [0.25, 0.3) is 0 Å². The zero-order valence-electron chi connectivity index (χ0n) is 9.71. The van der Waals surface area contributed by atoms with E-state index in [4.69, 9.17) is 12.2 Å². The van der Waals surface area contributed by atoms with Gasteiger partial charge in [0.25, 0.3) is 0 Å². The SMILES string of the molecule is CC1CC(C)CN(C(=S)NC(C)C)C1. The lowest BCUT2D eigenvalue weighted by Crippen LogP contribution is -2.48. The summed E-state index contributed by atoms with van der Waals surface area (Å²) in [6.45, 7) is 11.1. The molecule has 0 spiro atoms. The molecule has 1 saturated heterocycles. The van der Waals surface area contributed by atoms with E-state index in [2.05, 4.69) is 37.9 Å². The number of hydrogen-bond donors (Lipinski definition) is 1. The normalized spacial score (nSPS) is 27.9. The van der Waals surface area contributed by atoms with Gasteiger partial charge in [-0.25, -0.2) is 0 Å². The number of nitrogens with zero attached hydrogens (tertiary/aromatic N) is 1. The highest BCUT2D eigenvalue weighted by Crippen LogP contribution is 2.20. The zero-order valence-corrected chi connectivity index (χ0v) is 10.5. The third kappa shape index (κ3) is 3.45. The van der Waals surface area contributed by atoms with Gasteiger partial charge in [0.1, 0.15) is 0 Å². The zero-order chi connectivity index (χ0) is 10.7. The van der Waals surface area contributed by atoms with E-state index in [0.29, 0.717) is 6.04 Å². The molecule has 2 nitrogen and oxygen atoms in total. The number of hydrogen-bond acceptors (Lipinski definition) is 1. The highest BCUT2D eigenvalue weighted by atomic mass is 32.1. The van der Waals surface area contributed by atoms with Gasteiger partial charge in [-0.1, -0.05) is 13.8 Å². The summed E-state index contributed by atoms with van der Waals surface area (Å²) >= 11 is 5.37. The molecule has 1 heterocycles. The van der Waals surface area contributed by atoms with Crippen LogP contribution in [-0.2, 0) is 0 Å². The number of piperidine rings is 1. The summed E-state index contributed by atoms with van der Waals surface area (Å²) in [5, 5.41) is 4.24. The van der Waals surface area contributed by atoms with Gasteiger partial charge in [0.15, 0.2) is 5.11 Å². The summed E-state index contributed by atoms with van der Waals surface area (Å²) in [5.41, 5.74) is 0. The first-order valence-corrected chi connectivity index (χ1v) is 5.95. The Morgan fingerprint density at radius 1 is 1.29 bits per heavy atom. The standard InChI is InChI=1S/C11H22N2S/c1-8(2)12-11(14)13-6-9(3)5-10(4)7-13/h8-10H,5-7H2,1-4H3,(H,12,14). The molecule has 0 saturated carbocycles. The molecular weight excluding hydrogens is 192 g/mol. The van der Waals surface area contributed by atoms with E-state index in [1.807, 2.05) is 0 Å². The largest absolute Gasteiger partial charge is 0.360 e. The second-order valence-electron chi connectivity index (χ2n) is 4.96. The summed E-state index contributed by atoms with van der Waals surface area (Å²) in [5.74, 6) is 1.54. The fourth-order valence-electron chi connectivity index (χ4n) is 2.17. The number of rotatable bonds is 1. The summed E-state index contributed by atoms with van der Waals surface area (Å²) < 4.78 is 0. The molecule has 1 aliphatic heterocycles. The van der Waals surface area contributed by atoms with Crippen LogP contribution in [0.15, 0.2) is 0 Å². The molecule has 0 aliphatic carbocycles. The minimum absolute atomic E-state index is 0.440. The molecule has 1 rings (SSSR count). The van der Waals surface area contributed by atoms with Gasteiger partial charge in [-0.2, -0.15) is 0 Å². The van der Waals surface area contributed by atoms with Crippen molar-refractivity contribution >= 4 is 17.3 Å². The Morgan fingerprint density at radius 3 is 2.21 bits per heavy atom. The lowest BCUT2D eigenvalue weighted by molar-refractivity contribution is 0.211. The molecule has 0 amide bonds. The highest BCUT2D eigenvalue weighted by Gasteiger charge is 2.23. The van der Waals surface area contributed by atoms with Crippen LogP contribution in [0.3, 0.4) is 0 Å². The van der Waals surface area contributed by atoms with Crippen LogP contribution in [0.1, 0.15) is 34.1 Å². The van der Waals surface area contributed by atoms with Crippen LogP contribution in [0.2, 0.25) is 0 Å². The molecule has 0 aromatic carbocycles. The van der Waals surface area contributed by atoms with Gasteiger partial charge in [0.2, 0.25) is 0 Å². The second-order valence-corrected chi connectivity index (χ2v) is 5.34. The Morgan fingerprint density at radius 2 is 1.79 bits per heavy atom. The molecule has 1 N–H and O–H groups in total. The van der Waals surface area contributed by atoms with Crippen molar-refractivity contribution < 1.29 is 0 Å². The molecule has 0 aromatic heterocycles. The van der Waals surface area contributed by atoms with Gasteiger partial charge < -0.3 is 10.2 Å². The van der Waals surface area contributed by atoms with Crippen molar-refractivity contribution in [2.45, 2.75) is 40.2 Å². The van der Waals surface area contributed by atoms with E-state index in [1.165, 1.54) is 6.42 Å². The maximum atomic E-state index is 5.37. The quantitative estimate of drug-likeness (QED) is 0.674. The lowest BCUT2D eigenvalue weighted by atomic mass is 9.92. The molecule has 1 fully saturated rings. The summed E-state index contributed by atoms with van der Waals surface area (Å²) in [6.07, 6.45) is 1.33. The molecule has 82 valence electrons. The van der Waals surface area contributed by atoms with E-state index in [9.17, 15) is 0 Å². The van der Waals surface area contributed by atoms with Crippen LogP contribution < -0.4 is 5.32 Å². The van der Waals surface area contributed by atoms with Gasteiger partial charge in [0, 0.05) is 19.1 Å². The van der Waals surface area contributed by atoms with Crippen molar-refractivity contribution in [2.24, 2.45) is 11.8 Å². The van der Waals surface area contributed by atoms with Gasteiger partial charge in [-0.05, 0) is 44.3 Å². The highest BCUT2D eigenvalue weighted by molar-refractivity contribution is 7.80. The van der Waals surface area contributed by atoms with Crippen molar-refractivity contribution in [3.8, 4) is 0 Å². The molecular formula is C11H22N2S. The van der Waals surface area contributed by atoms with Gasteiger partial charge in [-0.3, -0.25) is 0 Å². The Kier molecular flexibility index (Phi) is 4.17. The first kappa shape index (κ1) is 11.8. The molecule has 0 bridgehead atoms. The van der Waals surface area contributed by atoms with E-state index in [1.54, 1.807) is 0 Å². The van der Waals surface area contributed by atoms with Crippen molar-refractivity contribution in [2.75, 3.05) is 13.1 Å². The maximum Gasteiger partial charge on any atom is 0.169 e. The Labute approximate surface area is 93.1 Å². The fraction of sp³-hybridized carbons (Fsp3) is 0.909. The minimum atomic E-state index is 0.440. The van der Waals surface area contributed by atoms with Crippen molar-refractivity contribution in [1.29, 1.82) is 0 Å². The average Bonchev–Trinajstić information content (AvgIpc) is 2.00. The monoisotopic (exact) mass is 214 g/mol. The van der Waals surface area contributed by atoms with E-state index >= 15 is 0 Å². The Hall–Kier alpha value is -0.310. The van der Waals surface area contributed by atoms with Crippen molar-refractivity contribution in [1.82, 2.24) is 10.2 Å². The molecule has 0 radical (unpaired) electrons. The van der Waals surface area contributed by atoms with Crippen LogP contribution in [0, 0.1) is 11.8 Å². The number of likely N-dealkylation sites (tertiary alicyclic amines) is 1. The number of nitrogens with one attached hydrogen (secondary N) is 1. The van der Waals surface area contributed by atoms with Gasteiger partial charge in [-0.15, -0.1) is 0 Å². The third-order valence-electron chi connectivity index (χ3n) is 2.57. The Bertz CT molecular complexity index is 193. The van der Waals surface area contributed by atoms with E-state index < -0.39 is 0 Å². The molecule has 2 unspecified atom stereocenters. The van der Waals surface area contributed by atoms with E-state index in [0.717, 1.165) is 30.0 Å². The fourth-order valence-corrected chi connectivity index (χ4v) is 2.55.